The third kappa shape index (κ3) is 4.64. The first kappa shape index (κ1) is 18.0. The van der Waals surface area contributed by atoms with Crippen molar-refractivity contribution in [2.24, 2.45) is 0 Å². The second-order valence-corrected chi connectivity index (χ2v) is 5.82. The summed E-state index contributed by atoms with van der Waals surface area (Å²) in [6, 6.07) is 13.8. The molecule has 0 radical (unpaired) electrons. The van der Waals surface area contributed by atoms with Gasteiger partial charge in [0.05, 0.1) is 5.56 Å². The van der Waals surface area contributed by atoms with Crippen molar-refractivity contribution in [2.75, 3.05) is 10.6 Å². The Morgan fingerprint density at radius 3 is 2.38 bits per heavy atom. The SMILES string of the molecule is FC(F)(F)c1ccc(Nc2ccnc(NCc3ccccc3Cl)n2)cc1. The number of nitrogens with zero attached hydrogens (tertiary/aromatic N) is 2. The number of rotatable bonds is 5. The summed E-state index contributed by atoms with van der Waals surface area (Å²) in [6.45, 7) is 0.448. The van der Waals surface area contributed by atoms with E-state index in [0.29, 0.717) is 29.0 Å². The Labute approximate surface area is 153 Å². The van der Waals surface area contributed by atoms with Crippen LogP contribution in [0.4, 0.5) is 30.6 Å². The second kappa shape index (κ2) is 7.61. The summed E-state index contributed by atoms with van der Waals surface area (Å²) in [4.78, 5) is 8.40. The lowest BCUT2D eigenvalue weighted by Crippen LogP contribution is -2.06. The summed E-state index contributed by atoms with van der Waals surface area (Å²) in [7, 11) is 0. The highest BCUT2D eigenvalue weighted by molar-refractivity contribution is 6.31. The molecule has 8 heteroatoms. The van der Waals surface area contributed by atoms with Crippen molar-refractivity contribution in [1.82, 2.24) is 9.97 Å². The molecule has 3 rings (SSSR count). The maximum atomic E-state index is 12.6. The number of anilines is 3. The number of hydrogen-bond donors (Lipinski definition) is 2. The summed E-state index contributed by atoms with van der Waals surface area (Å²) in [6.07, 6.45) is -2.81. The first-order valence-corrected chi connectivity index (χ1v) is 8.04. The molecule has 1 heterocycles. The van der Waals surface area contributed by atoms with Gasteiger partial charge in [-0.1, -0.05) is 29.8 Å². The highest BCUT2D eigenvalue weighted by Crippen LogP contribution is 2.30. The van der Waals surface area contributed by atoms with E-state index in [4.69, 9.17) is 11.6 Å². The van der Waals surface area contributed by atoms with Crippen LogP contribution in [0.15, 0.2) is 60.8 Å². The van der Waals surface area contributed by atoms with Crippen molar-refractivity contribution >= 4 is 29.1 Å². The number of nitrogens with one attached hydrogen (secondary N) is 2. The molecule has 134 valence electrons. The van der Waals surface area contributed by atoms with Gasteiger partial charge in [-0.15, -0.1) is 0 Å². The number of aromatic nitrogens is 2. The van der Waals surface area contributed by atoms with Crippen LogP contribution in [0.3, 0.4) is 0 Å². The van der Waals surface area contributed by atoms with E-state index in [9.17, 15) is 13.2 Å². The van der Waals surface area contributed by atoms with Crippen molar-refractivity contribution in [3.63, 3.8) is 0 Å². The van der Waals surface area contributed by atoms with Gasteiger partial charge in [0.2, 0.25) is 5.95 Å². The van der Waals surface area contributed by atoms with Gasteiger partial charge in [-0.05, 0) is 42.0 Å². The summed E-state index contributed by atoms with van der Waals surface area (Å²) in [5.41, 5.74) is 0.695. The Bertz CT molecular complexity index is 882. The summed E-state index contributed by atoms with van der Waals surface area (Å²) < 4.78 is 37.8. The van der Waals surface area contributed by atoms with Crippen LogP contribution in [-0.4, -0.2) is 9.97 Å². The van der Waals surface area contributed by atoms with Crippen LogP contribution in [0.2, 0.25) is 5.02 Å². The number of alkyl halides is 3. The molecule has 0 aliphatic carbocycles. The Hall–Kier alpha value is -2.80. The van der Waals surface area contributed by atoms with E-state index in [1.54, 1.807) is 18.3 Å². The van der Waals surface area contributed by atoms with Crippen LogP contribution in [0.25, 0.3) is 0 Å². The first-order valence-electron chi connectivity index (χ1n) is 7.66. The average molecular weight is 379 g/mol. The lowest BCUT2D eigenvalue weighted by Gasteiger charge is -2.10. The Kier molecular flexibility index (Phi) is 5.27. The maximum absolute atomic E-state index is 12.6. The average Bonchev–Trinajstić information content (AvgIpc) is 2.61. The fourth-order valence-electron chi connectivity index (χ4n) is 2.22. The Balaban J connectivity index is 1.66. The minimum absolute atomic E-state index is 0.377. The molecule has 0 spiro atoms. The predicted molar refractivity (Wildman–Crippen MR) is 95.5 cm³/mol. The number of hydrogen-bond acceptors (Lipinski definition) is 4. The van der Waals surface area contributed by atoms with Crippen LogP contribution in [-0.2, 0) is 12.7 Å². The number of halogens is 4. The molecule has 2 N–H and O–H groups in total. The lowest BCUT2D eigenvalue weighted by atomic mass is 10.2. The molecular weight excluding hydrogens is 365 g/mol. The van der Waals surface area contributed by atoms with Gasteiger partial charge in [-0.2, -0.15) is 18.2 Å². The summed E-state index contributed by atoms with van der Waals surface area (Å²) in [5, 5.41) is 6.65. The van der Waals surface area contributed by atoms with Gasteiger partial charge in [0.25, 0.3) is 0 Å². The highest BCUT2D eigenvalue weighted by Gasteiger charge is 2.29. The number of benzene rings is 2. The summed E-state index contributed by atoms with van der Waals surface area (Å²) >= 11 is 6.10. The largest absolute Gasteiger partial charge is 0.416 e. The van der Waals surface area contributed by atoms with Gasteiger partial charge in [-0.3, -0.25) is 0 Å². The van der Waals surface area contributed by atoms with Crippen LogP contribution >= 0.6 is 11.6 Å². The van der Waals surface area contributed by atoms with Crippen LogP contribution in [0, 0.1) is 0 Å². The van der Waals surface area contributed by atoms with Gasteiger partial charge in [0, 0.05) is 23.5 Å². The van der Waals surface area contributed by atoms with Crippen molar-refractivity contribution in [3.8, 4) is 0 Å². The van der Waals surface area contributed by atoms with Crippen LogP contribution in [0.5, 0.6) is 0 Å². The third-order valence-corrected chi connectivity index (χ3v) is 3.90. The molecule has 0 saturated carbocycles. The molecular formula is C18H14ClF3N4. The predicted octanol–water partition coefficient (Wildman–Crippen LogP) is 5.50. The fourth-order valence-corrected chi connectivity index (χ4v) is 2.42. The molecule has 0 amide bonds. The minimum Gasteiger partial charge on any atom is -0.350 e. The third-order valence-electron chi connectivity index (χ3n) is 3.54. The van der Waals surface area contributed by atoms with E-state index < -0.39 is 11.7 Å². The van der Waals surface area contributed by atoms with E-state index in [1.807, 2.05) is 18.2 Å². The zero-order chi connectivity index (χ0) is 18.6. The molecule has 0 fully saturated rings. The molecule has 0 unspecified atom stereocenters. The standard InChI is InChI=1S/C18H14ClF3N4/c19-15-4-2-1-3-12(15)11-24-17-23-10-9-16(26-17)25-14-7-5-13(6-8-14)18(20,21)22/h1-10H,11H2,(H2,23,24,25,26). The monoisotopic (exact) mass is 378 g/mol. The van der Waals surface area contributed by atoms with Crippen LogP contribution < -0.4 is 10.6 Å². The molecule has 26 heavy (non-hydrogen) atoms. The van der Waals surface area contributed by atoms with Gasteiger partial charge in [0.1, 0.15) is 5.82 Å². The van der Waals surface area contributed by atoms with E-state index in [0.717, 1.165) is 17.7 Å². The minimum atomic E-state index is -4.36. The molecule has 3 aromatic rings. The quantitative estimate of drug-likeness (QED) is 0.615. The van der Waals surface area contributed by atoms with E-state index >= 15 is 0 Å². The van der Waals surface area contributed by atoms with Crippen molar-refractivity contribution < 1.29 is 13.2 Å². The Morgan fingerprint density at radius 2 is 1.69 bits per heavy atom. The molecule has 4 nitrogen and oxygen atoms in total. The molecule has 0 atom stereocenters. The van der Waals surface area contributed by atoms with Crippen molar-refractivity contribution in [1.29, 1.82) is 0 Å². The molecule has 1 aromatic heterocycles. The van der Waals surface area contributed by atoms with Crippen LogP contribution in [0.1, 0.15) is 11.1 Å². The zero-order valence-electron chi connectivity index (χ0n) is 13.4. The van der Waals surface area contributed by atoms with Gasteiger partial charge in [0.15, 0.2) is 0 Å². The van der Waals surface area contributed by atoms with E-state index in [1.165, 1.54) is 12.1 Å². The van der Waals surface area contributed by atoms with Gasteiger partial charge < -0.3 is 10.6 Å². The van der Waals surface area contributed by atoms with Gasteiger partial charge >= 0.3 is 6.18 Å². The zero-order valence-corrected chi connectivity index (χ0v) is 14.1. The molecule has 0 aliphatic heterocycles. The topological polar surface area (TPSA) is 49.8 Å². The normalized spacial score (nSPS) is 11.2. The van der Waals surface area contributed by atoms with Crippen molar-refractivity contribution in [2.45, 2.75) is 12.7 Å². The molecule has 0 aliphatic rings. The maximum Gasteiger partial charge on any atom is 0.416 e. The highest BCUT2D eigenvalue weighted by atomic mass is 35.5. The summed E-state index contributed by atoms with van der Waals surface area (Å²) in [5.74, 6) is 0.836. The van der Waals surface area contributed by atoms with Gasteiger partial charge in [-0.25, -0.2) is 4.98 Å². The van der Waals surface area contributed by atoms with E-state index in [2.05, 4.69) is 20.6 Å². The lowest BCUT2D eigenvalue weighted by molar-refractivity contribution is -0.137. The second-order valence-electron chi connectivity index (χ2n) is 5.41. The first-order chi connectivity index (χ1) is 12.4. The molecule has 0 bridgehead atoms. The van der Waals surface area contributed by atoms with Crippen molar-refractivity contribution in [3.05, 3.63) is 76.9 Å². The molecule has 0 saturated heterocycles. The Morgan fingerprint density at radius 1 is 0.962 bits per heavy atom. The molecule has 2 aromatic carbocycles. The fraction of sp³-hybridized carbons (Fsp3) is 0.111. The van der Waals surface area contributed by atoms with E-state index in [-0.39, 0.29) is 0 Å². The smallest absolute Gasteiger partial charge is 0.350 e.